The highest BCUT2D eigenvalue weighted by Gasteiger charge is 2.18. The van der Waals surface area contributed by atoms with Gasteiger partial charge < -0.3 is 8.83 Å². The van der Waals surface area contributed by atoms with Crippen LogP contribution in [0.25, 0.3) is 99.9 Å². The van der Waals surface area contributed by atoms with E-state index in [-0.39, 0.29) is 0 Å². The molecule has 0 saturated carbocycles. The molecule has 0 aliphatic heterocycles. The number of aromatic nitrogens is 3. The molecule has 0 unspecified atom stereocenters. The summed E-state index contributed by atoms with van der Waals surface area (Å²) in [6.07, 6.45) is 0. The number of furan rings is 2. The van der Waals surface area contributed by atoms with E-state index in [4.69, 9.17) is 23.8 Å². The van der Waals surface area contributed by atoms with Gasteiger partial charge in [-0.05, 0) is 64.4 Å². The minimum absolute atomic E-state index is 0.603. The van der Waals surface area contributed by atoms with Crippen LogP contribution in [-0.2, 0) is 0 Å². The van der Waals surface area contributed by atoms with Crippen molar-refractivity contribution < 1.29 is 8.83 Å². The van der Waals surface area contributed by atoms with Crippen LogP contribution in [0.2, 0.25) is 0 Å². The molecule has 0 saturated heterocycles. The van der Waals surface area contributed by atoms with E-state index >= 15 is 0 Å². The number of benzene rings is 7. The number of nitrogens with zero attached hydrogens (tertiary/aromatic N) is 3. The molecule has 0 N–H and O–H groups in total. The first-order valence-corrected chi connectivity index (χ1v) is 15.9. The Hall–Kier alpha value is -6.59. The molecular weight excluding hydrogens is 590 g/mol. The SMILES string of the molecule is c1ccc(-c2nc(-c3ccccc3)nc(-c3cccc4oc5cc(-c6ccc7cc8c(cc7c6)oc6ccccc68)ccc5c34)n2)cc1. The maximum atomic E-state index is 6.50. The summed E-state index contributed by atoms with van der Waals surface area (Å²) < 4.78 is 12.7. The van der Waals surface area contributed by atoms with Crippen molar-refractivity contribution >= 4 is 54.6 Å². The average Bonchev–Trinajstić information content (AvgIpc) is 3.71. The molecular formula is C43H25N3O2. The molecule has 48 heavy (non-hydrogen) atoms. The van der Waals surface area contributed by atoms with Crippen molar-refractivity contribution in [1.29, 1.82) is 0 Å². The van der Waals surface area contributed by atoms with Gasteiger partial charge in [-0.15, -0.1) is 0 Å². The van der Waals surface area contributed by atoms with E-state index in [0.29, 0.717) is 17.5 Å². The summed E-state index contributed by atoms with van der Waals surface area (Å²) in [5, 5.41) is 6.57. The molecule has 5 nitrogen and oxygen atoms in total. The normalized spacial score (nSPS) is 11.8. The standard InChI is InChI=1S/C43H25N3O2/c1-3-10-26(11-4-1)41-44-42(27-12-5-2-6-13-27)46-43(45-41)34-15-9-17-37-40(34)33-21-20-30(24-38(33)48-37)28-18-19-29-23-35-32-14-7-8-16-36(32)47-39(35)25-31(29)22-28/h1-25H. The predicted molar refractivity (Wildman–Crippen MR) is 194 cm³/mol. The fraction of sp³-hybridized carbons (Fsp3) is 0. The molecule has 0 radical (unpaired) electrons. The van der Waals surface area contributed by atoms with Crippen LogP contribution < -0.4 is 0 Å². The van der Waals surface area contributed by atoms with Crippen molar-refractivity contribution in [3.05, 3.63) is 152 Å². The lowest BCUT2D eigenvalue weighted by Crippen LogP contribution is -2.00. The minimum Gasteiger partial charge on any atom is -0.456 e. The summed E-state index contributed by atoms with van der Waals surface area (Å²) in [5.41, 5.74) is 8.35. The van der Waals surface area contributed by atoms with E-state index in [2.05, 4.69) is 66.7 Å². The van der Waals surface area contributed by atoms with Gasteiger partial charge in [0.2, 0.25) is 0 Å². The number of hydrogen-bond donors (Lipinski definition) is 0. The highest BCUT2D eigenvalue weighted by molar-refractivity contribution is 6.13. The second-order valence-electron chi connectivity index (χ2n) is 12.0. The molecule has 0 fully saturated rings. The number of hydrogen-bond acceptors (Lipinski definition) is 5. The molecule has 7 aromatic carbocycles. The molecule has 3 aromatic heterocycles. The van der Waals surface area contributed by atoms with E-state index in [1.54, 1.807) is 0 Å². The Morgan fingerprint density at radius 3 is 1.75 bits per heavy atom. The zero-order valence-electron chi connectivity index (χ0n) is 25.6. The first-order chi connectivity index (χ1) is 23.7. The summed E-state index contributed by atoms with van der Waals surface area (Å²) in [7, 11) is 0. The summed E-state index contributed by atoms with van der Waals surface area (Å²) in [6, 6.07) is 51.7. The van der Waals surface area contributed by atoms with Gasteiger partial charge in [0.15, 0.2) is 17.5 Å². The van der Waals surface area contributed by atoms with Gasteiger partial charge in [0, 0.05) is 38.2 Å². The Balaban J connectivity index is 1.11. The van der Waals surface area contributed by atoms with E-state index in [9.17, 15) is 0 Å². The van der Waals surface area contributed by atoms with Crippen LogP contribution in [0.3, 0.4) is 0 Å². The number of rotatable bonds is 4. The van der Waals surface area contributed by atoms with Gasteiger partial charge in [-0.2, -0.15) is 0 Å². The smallest absolute Gasteiger partial charge is 0.164 e. The quantitative estimate of drug-likeness (QED) is 0.197. The third kappa shape index (κ3) is 4.29. The maximum absolute atomic E-state index is 6.50. The van der Waals surface area contributed by atoms with Crippen LogP contribution in [-0.4, -0.2) is 15.0 Å². The summed E-state index contributed by atoms with van der Waals surface area (Å²) in [6.45, 7) is 0. The second-order valence-corrected chi connectivity index (χ2v) is 12.0. The zero-order valence-corrected chi connectivity index (χ0v) is 25.6. The molecule has 5 heteroatoms. The van der Waals surface area contributed by atoms with E-state index in [1.807, 2.05) is 84.9 Å². The fourth-order valence-corrected chi connectivity index (χ4v) is 6.77. The van der Waals surface area contributed by atoms with Crippen LogP contribution in [0.5, 0.6) is 0 Å². The van der Waals surface area contributed by atoms with Crippen LogP contribution in [0, 0.1) is 0 Å². The summed E-state index contributed by atoms with van der Waals surface area (Å²) in [5.74, 6) is 1.86. The van der Waals surface area contributed by atoms with Gasteiger partial charge in [-0.25, -0.2) is 15.0 Å². The monoisotopic (exact) mass is 615 g/mol. The Morgan fingerprint density at radius 2 is 0.958 bits per heavy atom. The predicted octanol–water partition coefficient (Wildman–Crippen LogP) is 11.5. The van der Waals surface area contributed by atoms with Crippen LogP contribution in [0.4, 0.5) is 0 Å². The second kappa shape index (κ2) is 10.5. The summed E-state index contributed by atoms with van der Waals surface area (Å²) in [4.78, 5) is 14.9. The maximum Gasteiger partial charge on any atom is 0.164 e. The van der Waals surface area contributed by atoms with Crippen LogP contribution >= 0.6 is 0 Å². The lowest BCUT2D eigenvalue weighted by Gasteiger charge is -2.09. The van der Waals surface area contributed by atoms with Gasteiger partial charge in [-0.3, -0.25) is 0 Å². The molecule has 10 rings (SSSR count). The van der Waals surface area contributed by atoms with Gasteiger partial charge in [0.1, 0.15) is 22.3 Å². The van der Waals surface area contributed by atoms with E-state index < -0.39 is 0 Å². The third-order valence-electron chi connectivity index (χ3n) is 9.11. The van der Waals surface area contributed by atoms with Gasteiger partial charge in [0.25, 0.3) is 0 Å². The molecule has 0 atom stereocenters. The third-order valence-corrected chi connectivity index (χ3v) is 9.11. The fourth-order valence-electron chi connectivity index (χ4n) is 6.77. The van der Waals surface area contributed by atoms with Crippen molar-refractivity contribution in [1.82, 2.24) is 15.0 Å². The van der Waals surface area contributed by atoms with Crippen LogP contribution in [0.1, 0.15) is 0 Å². The highest BCUT2D eigenvalue weighted by atomic mass is 16.3. The van der Waals surface area contributed by atoms with Crippen molar-refractivity contribution in [2.45, 2.75) is 0 Å². The number of fused-ring (bicyclic) bond motifs is 7. The summed E-state index contributed by atoms with van der Waals surface area (Å²) >= 11 is 0. The molecule has 3 heterocycles. The largest absolute Gasteiger partial charge is 0.456 e. The highest BCUT2D eigenvalue weighted by Crippen LogP contribution is 2.39. The van der Waals surface area contributed by atoms with E-state index in [1.165, 1.54) is 5.39 Å². The first-order valence-electron chi connectivity index (χ1n) is 15.9. The van der Waals surface area contributed by atoms with Crippen molar-refractivity contribution in [2.75, 3.05) is 0 Å². The lowest BCUT2D eigenvalue weighted by molar-refractivity contribution is 0.669. The topological polar surface area (TPSA) is 65.0 Å². The molecule has 0 amide bonds. The van der Waals surface area contributed by atoms with Gasteiger partial charge >= 0.3 is 0 Å². The molecule has 0 bridgehead atoms. The van der Waals surface area contributed by atoms with Crippen molar-refractivity contribution in [3.63, 3.8) is 0 Å². The van der Waals surface area contributed by atoms with Crippen molar-refractivity contribution in [2.24, 2.45) is 0 Å². The first kappa shape index (κ1) is 26.6. The molecule has 224 valence electrons. The Kier molecular flexibility index (Phi) is 5.81. The average molecular weight is 616 g/mol. The minimum atomic E-state index is 0.603. The molecule has 0 aliphatic rings. The number of para-hydroxylation sites is 1. The lowest BCUT2D eigenvalue weighted by atomic mass is 9.98. The molecule has 0 aliphatic carbocycles. The Labute approximate surface area is 274 Å². The Morgan fingerprint density at radius 1 is 0.333 bits per heavy atom. The van der Waals surface area contributed by atoms with Gasteiger partial charge in [-0.1, -0.05) is 109 Å². The van der Waals surface area contributed by atoms with Crippen molar-refractivity contribution in [3.8, 4) is 45.3 Å². The van der Waals surface area contributed by atoms with E-state index in [0.717, 1.165) is 77.1 Å². The zero-order chi connectivity index (χ0) is 31.6. The Bertz CT molecular complexity index is 2780. The molecule has 10 aromatic rings. The van der Waals surface area contributed by atoms with Gasteiger partial charge in [0.05, 0.1) is 0 Å². The van der Waals surface area contributed by atoms with Crippen LogP contribution in [0.15, 0.2) is 160 Å². The molecule has 0 spiro atoms.